The Bertz CT molecular complexity index is 1700. The molecule has 0 aliphatic heterocycles. The molecule has 0 bridgehead atoms. The third-order valence-electron chi connectivity index (χ3n) is 10.5. The first-order valence-electron chi connectivity index (χ1n) is 19.5. The summed E-state index contributed by atoms with van der Waals surface area (Å²) in [4.78, 5) is 25.0. The standard InChI is InChI=1S/C39H47F18NO7/c1-6-30(2,3)29(60)58-24-10-12-25(13-11-24)65-28(59)15-9-23-8-14-26(27(22-23)61-5)62-19-7-16-31(4,63-20-17-32(40,41)34(44,45)36(48,49)38(52,53)54)64-21-18-33(42,43)35(46,47)37(50,51)39(55,56)57/h8-9,14-15,22,24-25H,6-7,10-13,16-21H2,1-5H3,(H,58,60)/b15-9+/t24-,25-. The molecular formula is C39H47F18NO7. The van der Waals surface area contributed by atoms with E-state index < -0.39 is 117 Å². The minimum Gasteiger partial charge on any atom is -0.493 e. The highest BCUT2D eigenvalue weighted by molar-refractivity contribution is 5.87. The first-order chi connectivity index (χ1) is 29.3. The van der Waals surface area contributed by atoms with Gasteiger partial charge in [-0.3, -0.25) is 4.79 Å². The molecule has 1 N–H and O–H groups in total. The molecule has 0 radical (unpaired) electrons. The minimum absolute atomic E-state index is 0.0000328. The zero-order valence-electron chi connectivity index (χ0n) is 35.2. The number of alkyl halides is 18. The van der Waals surface area contributed by atoms with Crippen LogP contribution in [-0.4, -0.2) is 105 Å². The highest BCUT2D eigenvalue weighted by Gasteiger charge is 2.82. The molecule has 1 saturated carbocycles. The van der Waals surface area contributed by atoms with E-state index in [1.54, 1.807) is 0 Å². The van der Waals surface area contributed by atoms with Crippen molar-refractivity contribution in [1.82, 2.24) is 5.32 Å². The van der Waals surface area contributed by atoms with Gasteiger partial charge in [0.1, 0.15) is 6.10 Å². The van der Waals surface area contributed by atoms with E-state index >= 15 is 0 Å². The fourth-order valence-corrected chi connectivity index (χ4v) is 5.82. The Morgan fingerprint density at radius 2 is 1.14 bits per heavy atom. The second kappa shape index (κ2) is 21.0. The number of nitrogens with one attached hydrogen (secondary N) is 1. The van der Waals surface area contributed by atoms with E-state index in [0.29, 0.717) is 44.6 Å². The quantitative estimate of drug-likeness (QED) is 0.0363. The molecule has 0 saturated heterocycles. The van der Waals surface area contributed by atoms with Gasteiger partial charge in [0.05, 0.1) is 26.9 Å². The van der Waals surface area contributed by atoms with E-state index in [0.717, 1.165) is 6.08 Å². The molecule has 0 spiro atoms. The highest BCUT2D eigenvalue weighted by atomic mass is 19.4. The summed E-state index contributed by atoms with van der Waals surface area (Å²) in [6, 6.07) is 3.98. The van der Waals surface area contributed by atoms with Crippen LogP contribution in [0.2, 0.25) is 0 Å². The van der Waals surface area contributed by atoms with Crippen molar-refractivity contribution in [1.29, 1.82) is 0 Å². The summed E-state index contributed by atoms with van der Waals surface area (Å²) in [5.41, 5.74) is -0.177. The number of carbonyl (C=O) groups excluding carboxylic acids is 2. The SMILES string of the molecule is CCC(C)(C)C(=O)N[C@H]1CC[C@H](OC(=O)/C=C/c2ccc(OCCCC(C)(OCCC(F)(F)C(F)(F)C(F)(F)C(F)(F)F)OCCC(F)(F)C(F)(F)C(F)(F)C(F)(F)F)c(OC)c2)CC1. The molecule has 1 aromatic rings. The van der Waals surface area contributed by atoms with Crippen molar-refractivity contribution in [3.05, 3.63) is 29.8 Å². The van der Waals surface area contributed by atoms with Crippen LogP contribution >= 0.6 is 0 Å². The van der Waals surface area contributed by atoms with E-state index in [2.05, 4.69) is 5.32 Å². The fourth-order valence-electron chi connectivity index (χ4n) is 5.82. The lowest BCUT2D eigenvalue weighted by Crippen LogP contribution is -2.61. The number of ether oxygens (including phenoxy) is 5. The average molecular weight is 984 g/mol. The highest BCUT2D eigenvalue weighted by Crippen LogP contribution is 2.55. The van der Waals surface area contributed by atoms with Crippen LogP contribution in [0, 0.1) is 5.41 Å². The number of rotatable bonds is 24. The summed E-state index contributed by atoms with van der Waals surface area (Å²) < 4.78 is 266. The van der Waals surface area contributed by atoms with Gasteiger partial charge in [0, 0.05) is 36.8 Å². The van der Waals surface area contributed by atoms with E-state index in [9.17, 15) is 88.6 Å². The maximum absolute atomic E-state index is 14.1. The number of halogens is 18. The summed E-state index contributed by atoms with van der Waals surface area (Å²) in [6.07, 6.45) is -16.1. The van der Waals surface area contributed by atoms with E-state index in [1.165, 1.54) is 31.4 Å². The fraction of sp³-hybridized carbons (Fsp3) is 0.744. The predicted octanol–water partition coefficient (Wildman–Crippen LogP) is 11.7. The predicted molar refractivity (Wildman–Crippen MR) is 192 cm³/mol. The molecule has 0 heterocycles. The lowest BCUT2D eigenvalue weighted by Gasteiger charge is -2.36. The molecule has 8 nitrogen and oxygen atoms in total. The first kappa shape index (κ1) is 57.3. The summed E-state index contributed by atoms with van der Waals surface area (Å²) in [7, 11) is 1.18. The number of hydrogen-bond donors (Lipinski definition) is 1. The number of hydrogen-bond acceptors (Lipinski definition) is 7. The largest absolute Gasteiger partial charge is 0.493 e. The molecule has 0 unspecified atom stereocenters. The third kappa shape index (κ3) is 13.9. The lowest BCUT2D eigenvalue weighted by molar-refractivity contribution is -0.399. The summed E-state index contributed by atoms with van der Waals surface area (Å²) in [6.45, 7) is 1.73. The normalized spacial score (nSPS) is 17.9. The third-order valence-corrected chi connectivity index (χ3v) is 10.5. The van der Waals surface area contributed by atoms with Gasteiger partial charge in [-0.15, -0.1) is 0 Å². The Labute approximate surface area is 360 Å². The van der Waals surface area contributed by atoms with Gasteiger partial charge in [0.25, 0.3) is 0 Å². The molecule has 0 aromatic heterocycles. The topological polar surface area (TPSA) is 92.3 Å². The van der Waals surface area contributed by atoms with Gasteiger partial charge in [-0.2, -0.15) is 79.0 Å². The molecule has 1 aliphatic carbocycles. The summed E-state index contributed by atoms with van der Waals surface area (Å²) in [5.74, 6) is -44.8. The van der Waals surface area contributed by atoms with Crippen LogP contribution in [0.5, 0.6) is 11.5 Å². The van der Waals surface area contributed by atoms with Crippen LogP contribution in [-0.2, 0) is 23.8 Å². The average Bonchev–Trinajstić information content (AvgIpc) is 3.18. The van der Waals surface area contributed by atoms with Crippen molar-refractivity contribution in [2.75, 3.05) is 26.9 Å². The van der Waals surface area contributed by atoms with Gasteiger partial charge in [-0.05, 0) is 69.2 Å². The summed E-state index contributed by atoms with van der Waals surface area (Å²) in [5, 5.41) is 3.01. The second-order valence-electron chi connectivity index (χ2n) is 15.8. The number of amides is 1. The zero-order chi connectivity index (χ0) is 50.3. The monoisotopic (exact) mass is 983 g/mol. The van der Waals surface area contributed by atoms with Crippen molar-refractivity contribution in [3.8, 4) is 11.5 Å². The van der Waals surface area contributed by atoms with Gasteiger partial charge in [0.2, 0.25) is 5.91 Å². The molecule has 65 heavy (non-hydrogen) atoms. The van der Waals surface area contributed by atoms with Crippen molar-refractivity contribution in [3.63, 3.8) is 0 Å². The molecular weight excluding hydrogens is 936 g/mol. The molecule has 1 aromatic carbocycles. The van der Waals surface area contributed by atoms with Gasteiger partial charge in [-0.25, -0.2) is 4.79 Å². The van der Waals surface area contributed by atoms with E-state index in [4.69, 9.17) is 23.7 Å². The number of benzene rings is 1. The zero-order valence-corrected chi connectivity index (χ0v) is 35.2. The van der Waals surface area contributed by atoms with Crippen molar-refractivity contribution in [2.24, 2.45) is 5.41 Å². The summed E-state index contributed by atoms with van der Waals surface area (Å²) >= 11 is 0. The Balaban J connectivity index is 2.13. The minimum atomic E-state index is -7.30. The number of carbonyl (C=O) groups is 2. The number of esters is 1. The number of methoxy groups -OCH3 is 1. The van der Waals surface area contributed by atoms with Crippen molar-refractivity contribution < 1.29 is 112 Å². The van der Waals surface area contributed by atoms with Crippen molar-refractivity contribution >= 4 is 18.0 Å². The molecule has 26 heteroatoms. The second-order valence-corrected chi connectivity index (χ2v) is 15.8. The smallest absolute Gasteiger partial charge is 0.460 e. The Morgan fingerprint density at radius 1 is 0.662 bits per heavy atom. The van der Waals surface area contributed by atoms with Crippen LogP contribution < -0.4 is 14.8 Å². The van der Waals surface area contributed by atoms with Crippen LogP contribution in [0.3, 0.4) is 0 Å². The Hall–Kier alpha value is -3.84. The van der Waals surface area contributed by atoms with Crippen LogP contribution in [0.4, 0.5) is 79.0 Å². The molecule has 2 rings (SSSR count). The van der Waals surface area contributed by atoms with Gasteiger partial charge >= 0.3 is 53.9 Å². The lowest BCUT2D eigenvalue weighted by atomic mass is 9.87. The Kier molecular flexibility index (Phi) is 18.5. The Morgan fingerprint density at radius 3 is 1.57 bits per heavy atom. The van der Waals surface area contributed by atoms with Crippen LogP contribution in [0.15, 0.2) is 24.3 Å². The first-order valence-corrected chi connectivity index (χ1v) is 19.5. The van der Waals surface area contributed by atoms with Crippen LogP contribution in [0.25, 0.3) is 6.08 Å². The molecule has 1 amide bonds. The molecule has 1 fully saturated rings. The van der Waals surface area contributed by atoms with Gasteiger partial charge in [-0.1, -0.05) is 26.8 Å². The molecule has 1 aliphatic rings. The maximum atomic E-state index is 14.1. The van der Waals surface area contributed by atoms with Crippen molar-refractivity contribution in [2.45, 2.75) is 151 Å². The van der Waals surface area contributed by atoms with Gasteiger partial charge in [0.15, 0.2) is 17.3 Å². The maximum Gasteiger partial charge on any atom is 0.460 e. The molecule has 0 atom stereocenters. The van der Waals surface area contributed by atoms with E-state index in [1.807, 2.05) is 20.8 Å². The molecule has 376 valence electrons. The van der Waals surface area contributed by atoms with Crippen LogP contribution in [0.1, 0.15) is 91.0 Å². The van der Waals surface area contributed by atoms with E-state index in [-0.39, 0.29) is 23.4 Å². The van der Waals surface area contributed by atoms with Gasteiger partial charge < -0.3 is 29.0 Å².